The van der Waals surface area contributed by atoms with Gasteiger partial charge < -0.3 is 19.5 Å². The largest absolute Gasteiger partial charge is 0.550 e. The van der Waals surface area contributed by atoms with Crippen LogP contribution in [0.1, 0.15) is 20.3 Å². The number of carbonyl (C=O) groups is 3. The second-order valence-electron chi connectivity index (χ2n) is 5.73. The summed E-state index contributed by atoms with van der Waals surface area (Å²) in [5, 5.41) is 20.9. The van der Waals surface area contributed by atoms with Gasteiger partial charge in [0.1, 0.15) is 12.3 Å². The Labute approximate surface area is 107 Å². The van der Waals surface area contributed by atoms with Crippen LogP contribution in [-0.4, -0.2) is 60.4 Å². The van der Waals surface area contributed by atoms with Gasteiger partial charge in [-0.3, -0.25) is 9.59 Å². The molecule has 0 aliphatic rings. The Kier molecular flexibility index (Phi) is 5.19. The van der Waals surface area contributed by atoms with Gasteiger partial charge in [-0.15, -0.1) is 0 Å². The molecule has 0 aromatic heterocycles. The van der Waals surface area contributed by atoms with E-state index in [2.05, 4.69) is 0 Å². The van der Waals surface area contributed by atoms with Crippen molar-refractivity contribution in [2.45, 2.75) is 25.9 Å². The summed E-state index contributed by atoms with van der Waals surface area (Å²) in [4.78, 5) is 33.9. The summed E-state index contributed by atoms with van der Waals surface area (Å²) >= 11 is 0. The number of hydrogen-bond acceptors (Lipinski definition) is 5. The lowest BCUT2D eigenvalue weighted by Crippen LogP contribution is -2.57. The van der Waals surface area contributed by atoms with Gasteiger partial charge in [0, 0.05) is 12.4 Å². The van der Waals surface area contributed by atoms with Crippen molar-refractivity contribution in [2.24, 2.45) is 5.92 Å². The number of carboxylic acid groups (broad SMARTS) is 1. The molecule has 0 saturated heterocycles. The van der Waals surface area contributed by atoms with E-state index in [1.165, 1.54) is 13.8 Å². The molecule has 2 unspecified atom stereocenters. The molecule has 6 nitrogen and oxygen atoms in total. The molecule has 0 bridgehead atoms. The number of ketones is 2. The fourth-order valence-electron chi connectivity index (χ4n) is 1.83. The predicted octanol–water partition coefficient (Wildman–Crippen LogP) is -1.64. The van der Waals surface area contributed by atoms with Crippen LogP contribution in [0, 0.1) is 5.92 Å². The van der Waals surface area contributed by atoms with Crippen LogP contribution in [0.5, 0.6) is 0 Å². The van der Waals surface area contributed by atoms with E-state index < -0.39 is 35.5 Å². The number of aliphatic carboxylic acids is 1. The molecule has 6 heteroatoms. The SMILES string of the molecule is CC(=O)C(C)C(=O)C(O)(CC(=O)[O-])C[N+](C)(C)C. The maximum atomic E-state index is 12.0. The van der Waals surface area contributed by atoms with Crippen LogP contribution >= 0.6 is 0 Å². The molecule has 0 rings (SSSR count). The number of likely N-dealkylation sites (N-methyl/N-ethyl adjacent to an activating group) is 1. The molecule has 18 heavy (non-hydrogen) atoms. The Balaban J connectivity index is 5.27. The number of rotatable bonds is 7. The first kappa shape index (κ1) is 16.7. The van der Waals surface area contributed by atoms with Crippen LogP contribution in [0.25, 0.3) is 0 Å². The van der Waals surface area contributed by atoms with E-state index in [0.717, 1.165) is 0 Å². The first-order valence-corrected chi connectivity index (χ1v) is 5.66. The van der Waals surface area contributed by atoms with Gasteiger partial charge in [0.05, 0.1) is 27.1 Å². The Hall–Kier alpha value is -1.27. The van der Waals surface area contributed by atoms with Crippen molar-refractivity contribution in [1.82, 2.24) is 0 Å². The number of hydrogen-bond donors (Lipinski definition) is 1. The number of nitrogens with zero attached hydrogens (tertiary/aromatic N) is 1. The monoisotopic (exact) mass is 259 g/mol. The fraction of sp³-hybridized carbons (Fsp3) is 0.750. The highest BCUT2D eigenvalue weighted by Crippen LogP contribution is 2.20. The van der Waals surface area contributed by atoms with E-state index in [9.17, 15) is 24.6 Å². The second-order valence-corrected chi connectivity index (χ2v) is 5.73. The summed E-state index contributed by atoms with van der Waals surface area (Å²) in [6, 6.07) is 0. The Morgan fingerprint density at radius 2 is 1.72 bits per heavy atom. The molecular weight excluding hydrogens is 238 g/mol. The first-order valence-electron chi connectivity index (χ1n) is 5.66. The molecule has 2 atom stereocenters. The lowest BCUT2D eigenvalue weighted by molar-refractivity contribution is -0.875. The molecule has 104 valence electrons. The third-order valence-electron chi connectivity index (χ3n) is 2.63. The average Bonchev–Trinajstić information content (AvgIpc) is 2.10. The number of aliphatic hydroxyl groups is 1. The summed E-state index contributed by atoms with van der Waals surface area (Å²) in [5.74, 6) is -3.72. The number of quaternary nitrogens is 1. The van der Waals surface area contributed by atoms with Gasteiger partial charge in [0.2, 0.25) is 0 Å². The molecule has 0 heterocycles. The van der Waals surface area contributed by atoms with Gasteiger partial charge in [-0.2, -0.15) is 0 Å². The number of carboxylic acids is 1. The minimum atomic E-state index is -2.08. The van der Waals surface area contributed by atoms with Crippen LogP contribution in [0.15, 0.2) is 0 Å². The van der Waals surface area contributed by atoms with Crippen LogP contribution < -0.4 is 5.11 Å². The molecule has 0 aliphatic carbocycles. The van der Waals surface area contributed by atoms with Crippen molar-refractivity contribution >= 4 is 17.5 Å². The minimum absolute atomic E-state index is 0.0998. The molecule has 0 amide bonds. The highest BCUT2D eigenvalue weighted by Gasteiger charge is 2.44. The van der Waals surface area contributed by atoms with Gasteiger partial charge in [-0.1, -0.05) is 0 Å². The fourth-order valence-corrected chi connectivity index (χ4v) is 1.83. The molecule has 0 radical (unpaired) electrons. The molecule has 1 N–H and O–H groups in total. The summed E-state index contributed by atoms with van der Waals surface area (Å²) in [6.45, 7) is 2.49. The second kappa shape index (κ2) is 5.58. The third kappa shape index (κ3) is 4.93. The van der Waals surface area contributed by atoms with Crippen LogP contribution in [0.3, 0.4) is 0 Å². The highest BCUT2D eigenvalue weighted by atomic mass is 16.4. The molecule has 0 spiro atoms. The van der Waals surface area contributed by atoms with E-state index >= 15 is 0 Å². The molecule has 0 aromatic rings. The lowest BCUT2D eigenvalue weighted by atomic mass is 9.84. The van der Waals surface area contributed by atoms with E-state index in [1.807, 2.05) is 0 Å². The van der Waals surface area contributed by atoms with Crippen molar-refractivity contribution in [1.29, 1.82) is 0 Å². The van der Waals surface area contributed by atoms with Crippen molar-refractivity contribution in [2.75, 3.05) is 27.7 Å². The number of Topliss-reactive ketones (excluding diaryl/α,β-unsaturated/α-hetero) is 2. The molecule has 0 fully saturated rings. The van der Waals surface area contributed by atoms with Gasteiger partial charge in [0.15, 0.2) is 11.4 Å². The Morgan fingerprint density at radius 1 is 1.28 bits per heavy atom. The van der Waals surface area contributed by atoms with Crippen LogP contribution in [-0.2, 0) is 14.4 Å². The van der Waals surface area contributed by atoms with Crippen molar-refractivity contribution in [3.8, 4) is 0 Å². The normalized spacial score (nSPS) is 16.8. The smallest absolute Gasteiger partial charge is 0.180 e. The Bertz CT molecular complexity index is 358. The standard InChI is InChI=1S/C12H21NO5/c1-8(9(2)14)11(17)12(18,6-10(15)16)7-13(3,4)5/h8,18H,6-7H2,1-5H3. The van der Waals surface area contributed by atoms with Crippen LogP contribution in [0.4, 0.5) is 0 Å². The zero-order valence-electron chi connectivity index (χ0n) is 11.5. The minimum Gasteiger partial charge on any atom is -0.550 e. The van der Waals surface area contributed by atoms with Crippen molar-refractivity contribution in [3.63, 3.8) is 0 Å². The highest BCUT2D eigenvalue weighted by molar-refractivity contribution is 6.05. The molecule has 0 aliphatic heterocycles. The lowest BCUT2D eigenvalue weighted by Gasteiger charge is -2.35. The van der Waals surface area contributed by atoms with Gasteiger partial charge >= 0.3 is 0 Å². The average molecular weight is 259 g/mol. The van der Waals surface area contributed by atoms with Gasteiger partial charge in [-0.25, -0.2) is 0 Å². The maximum absolute atomic E-state index is 12.0. The van der Waals surface area contributed by atoms with E-state index in [4.69, 9.17) is 0 Å². The summed E-state index contributed by atoms with van der Waals surface area (Å²) in [6.07, 6.45) is -0.807. The first-order chi connectivity index (χ1) is 7.89. The van der Waals surface area contributed by atoms with Gasteiger partial charge in [0.25, 0.3) is 0 Å². The predicted molar refractivity (Wildman–Crippen MR) is 62.3 cm³/mol. The quantitative estimate of drug-likeness (QED) is 0.437. The molecular formula is C12H21NO5. The third-order valence-corrected chi connectivity index (χ3v) is 2.63. The van der Waals surface area contributed by atoms with Crippen LogP contribution in [0.2, 0.25) is 0 Å². The topological polar surface area (TPSA) is 94.5 Å². The molecule has 0 saturated carbocycles. The number of carbonyl (C=O) groups excluding carboxylic acids is 3. The van der Waals surface area contributed by atoms with Crippen molar-refractivity contribution < 1.29 is 29.1 Å². The van der Waals surface area contributed by atoms with Crippen molar-refractivity contribution in [3.05, 3.63) is 0 Å². The molecule has 0 aromatic carbocycles. The summed E-state index contributed by atoms with van der Waals surface area (Å²) in [7, 11) is 5.14. The van der Waals surface area contributed by atoms with Gasteiger partial charge in [-0.05, 0) is 13.8 Å². The van der Waals surface area contributed by atoms with E-state index in [0.29, 0.717) is 0 Å². The van der Waals surface area contributed by atoms with E-state index in [-0.39, 0.29) is 11.0 Å². The zero-order chi connectivity index (χ0) is 14.7. The summed E-state index contributed by atoms with van der Waals surface area (Å²) in [5.41, 5.74) is -2.08. The zero-order valence-corrected chi connectivity index (χ0v) is 11.5. The van der Waals surface area contributed by atoms with E-state index in [1.54, 1.807) is 21.1 Å². The maximum Gasteiger partial charge on any atom is 0.180 e. The Morgan fingerprint density at radius 3 is 2.00 bits per heavy atom. The summed E-state index contributed by atoms with van der Waals surface area (Å²) < 4.78 is 0.195.